The third-order valence-electron chi connectivity index (χ3n) is 3.97. The predicted molar refractivity (Wildman–Crippen MR) is 102 cm³/mol. The van der Waals surface area contributed by atoms with Crippen LogP contribution in [0.1, 0.15) is 0 Å². The van der Waals surface area contributed by atoms with Crippen molar-refractivity contribution in [2.24, 2.45) is 0 Å². The van der Waals surface area contributed by atoms with Crippen LogP contribution in [0.25, 0.3) is 16.6 Å². The standard InChI is InChI=1S/C19H13N3O4S/c23-17-10-19(27-14-4-2-1-3-5-14)18(24)9-16(17)21-11-12-8-13(22(25)26)6-7-15(12)20-21/h1-11,23-24H. The van der Waals surface area contributed by atoms with Crippen molar-refractivity contribution < 1.29 is 15.1 Å². The topological polar surface area (TPSA) is 101 Å². The monoisotopic (exact) mass is 379 g/mol. The molecule has 0 amide bonds. The number of nitro groups is 1. The van der Waals surface area contributed by atoms with E-state index in [4.69, 9.17) is 0 Å². The van der Waals surface area contributed by atoms with Crippen molar-refractivity contribution in [1.82, 2.24) is 9.78 Å². The van der Waals surface area contributed by atoms with Gasteiger partial charge in [-0.2, -0.15) is 5.10 Å². The lowest BCUT2D eigenvalue weighted by atomic mass is 10.2. The Hall–Kier alpha value is -3.52. The highest BCUT2D eigenvalue weighted by atomic mass is 32.2. The lowest BCUT2D eigenvalue weighted by Crippen LogP contribution is -1.95. The van der Waals surface area contributed by atoms with Crippen LogP contribution in [0.4, 0.5) is 5.69 Å². The van der Waals surface area contributed by atoms with Crippen molar-refractivity contribution in [2.75, 3.05) is 0 Å². The van der Waals surface area contributed by atoms with Crippen LogP contribution in [0.2, 0.25) is 0 Å². The highest BCUT2D eigenvalue weighted by Crippen LogP contribution is 2.39. The molecule has 2 N–H and O–H groups in total. The van der Waals surface area contributed by atoms with Crippen molar-refractivity contribution in [2.45, 2.75) is 9.79 Å². The number of phenols is 2. The zero-order valence-electron chi connectivity index (χ0n) is 13.8. The summed E-state index contributed by atoms with van der Waals surface area (Å²) >= 11 is 1.33. The predicted octanol–water partition coefficient (Wildman–Crippen LogP) is 4.50. The molecule has 0 fully saturated rings. The molecular formula is C19H13N3O4S. The lowest BCUT2D eigenvalue weighted by Gasteiger charge is -2.09. The van der Waals surface area contributed by atoms with Crippen molar-refractivity contribution in [3.8, 4) is 17.2 Å². The zero-order chi connectivity index (χ0) is 19.0. The minimum atomic E-state index is -0.477. The van der Waals surface area contributed by atoms with E-state index in [2.05, 4.69) is 5.10 Å². The van der Waals surface area contributed by atoms with Gasteiger partial charge in [-0.3, -0.25) is 10.1 Å². The second kappa shape index (κ2) is 6.65. The number of hydrogen-bond acceptors (Lipinski definition) is 6. The van der Waals surface area contributed by atoms with Crippen LogP contribution >= 0.6 is 11.8 Å². The van der Waals surface area contributed by atoms with Gasteiger partial charge in [0.2, 0.25) is 0 Å². The number of aromatic nitrogens is 2. The molecule has 134 valence electrons. The molecule has 8 heteroatoms. The maximum Gasteiger partial charge on any atom is 0.270 e. The first-order valence-electron chi connectivity index (χ1n) is 7.94. The summed E-state index contributed by atoms with van der Waals surface area (Å²) in [6.07, 6.45) is 1.57. The maximum atomic E-state index is 10.9. The lowest BCUT2D eigenvalue weighted by molar-refractivity contribution is -0.384. The Morgan fingerprint density at radius 3 is 2.52 bits per heavy atom. The van der Waals surface area contributed by atoms with Crippen LogP contribution in [0, 0.1) is 10.1 Å². The van der Waals surface area contributed by atoms with E-state index in [9.17, 15) is 20.3 Å². The smallest absolute Gasteiger partial charge is 0.270 e. The average Bonchev–Trinajstić information content (AvgIpc) is 3.08. The second-order valence-electron chi connectivity index (χ2n) is 5.80. The molecule has 4 aromatic rings. The number of nitrogens with zero attached hydrogens (tertiary/aromatic N) is 3. The second-order valence-corrected chi connectivity index (χ2v) is 6.91. The van der Waals surface area contributed by atoms with Gasteiger partial charge >= 0.3 is 0 Å². The van der Waals surface area contributed by atoms with Crippen molar-refractivity contribution in [1.29, 1.82) is 0 Å². The fraction of sp³-hybridized carbons (Fsp3) is 0. The van der Waals surface area contributed by atoms with Gasteiger partial charge in [0.1, 0.15) is 17.2 Å². The molecule has 0 spiro atoms. The van der Waals surface area contributed by atoms with Gasteiger partial charge in [-0.15, -0.1) is 0 Å². The minimum Gasteiger partial charge on any atom is -0.507 e. The van der Waals surface area contributed by atoms with E-state index in [1.807, 2.05) is 30.3 Å². The summed E-state index contributed by atoms with van der Waals surface area (Å²) in [5, 5.41) is 36.6. The zero-order valence-corrected chi connectivity index (χ0v) is 14.6. The van der Waals surface area contributed by atoms with E-state index in [1.165, 1.54) is 40.7 Å². The summed E-state index contributed by atoms with van der Waals surface area (Å²) in [6, 6.07) is 16.7. The Kier molecular flexibility index (Phi) is 4.17. The quantitative estimate of drug-likeness (QED) is 0.308. The third kappa shape index (κ3) is 3.30. The summed E-state index contributed by atoms with van der Waals surface area (Å²) in [5.41, 5.74) is 0.787. The van der Waals surface area contributed by atoms with Gasteiger partial charge in [-0.25, -0.2) is 4.68 Å². The molecule has 1 heterocycles. The number of aromatic hydroxyl groups is 2. The molecule has 4 rings (SSSR count). The molecule has 1 aromatic heterocycles. The van der Waals surface area contributed by atoms with Gasteiger partial charge in [0.05, 0.1) is 15.3 Å². The molecule has 0 bridgehead atoms. The molecule has 0 aliphatic heterocycles. The summed E-state index contributed by atoms with van der Waals surface area (Å²) < 4.78 is 1.39. The highest BCUT2D eigenvalue weighted by Gasteiger charge is 2.14. The molecule has 0 saturated carbocycles. The van der Waals surface area contributed by atoms with Crippen LogP contribution in [0.15, 0.2) is 76.7 Å². The van der Waals surface area contributed by atoms with Crippen molar-refractivity contribution in [3.05, 3.63) is 77.0 Å². The molecule has 27 heavy (non-hydrogen) atoms. The number of non-ortho nitro benzene ring substituents is 1. The van der Waals surface area contributed by atoms with Gasteiger partial charge in [-0.1, -0.05) is 30.0 Å². The number of hydrogen-bond donors (Lipinski definition) is 2. The van der Waals surface area contributed by atoms with Gasteiger partial charge in [0, 0.05) is 34.7 Å². The van der Waals surface area contributed by atoms with Crippen LogP contribution in [-0.4, -0.2) is 24.9 Å². The van der Waals surface area contributed by atoms with Crippen LogP contribution in [-0.2, 0) is 0 Å². The Morgan fingerprint density at radius 2 is 1.78 bits per heavy atom. The van der Waals surface area contributed by atoms with Crippen molar-refractivity contribution in [3.63, 3.8) is 0 Å². The van der Waals surface area contributed by atoms with Gasteiger partial charge in [0.25, 0.3) is 5.69 Å². The fourth-order valence-electron chi connectivity index (χ4n) is 2.68. The summed E-state index contributed by atoms with van der Waals surface area (Å²) in [6.45, 7) is 0. The number of benzene rings is 3. The van der Waals surface area contributed by atoms with E-state index in [1.54, 1.807) is 12.3 Å². The van der Waals surface area contributed by atoms with Crippen LogP contribution < -0.4 is 0 Å². The molecule has 0 atom stereocenters. The largest absolute Gasteiger partial charge is 0.507 e. The number of fused-ring (bicyclic) bond motifs is 1. The molecule has 7 nitrogen and oxygen atoms in total. The van der Waals surface area contributed by atoms with Gasteiger partial charge in [-0.05, 0) is 24.3 Å². The van der Waals surface area contributed by atoms with Crippen LogP contribution in [0.5, 0.6) is 11.5 Å². The number of phenolic OH excluding ortho intramolecular Hbond substituents is 2. The Morgan fingerprint density at radius 1 is 1.00 bits per heavy atom. The van der Waals surface area contributed by atoms with E-state index in [-0.39, 0.29) is 22.9 Å². The summed E-state index contributed by atoms with van der Waals surface area (Å²) in [4.78, 5) is 11.9. The summed E-state index contributed by atoms with van der Waals surface area (Å²) in [5.74, 6) is -0.0595. The number of nitro benzene ring substituents is 1. The molecule has 3 aromatic carbocycles. The van der Waals surface area contributed by atoms with E-state index in [0.29, 0.717) is 15.8 Å². The van der Waals surface area contributed by atoms with E-state index >= 15 is 0 Å². The average molecular weight is 379 g/mol. The molecule has 0 aliphatic rings. The van der Waals surface area contributed by atoms with Gasteiger partial charge in [0.15, 0.2) is 0 Å². The molecule has 0 radical (unpaired) electrons. The van der Waals surface area contributed by atoms with Crippen molar-refractivity contribution >= 4 is 28.4 Å². The minimum absolute atomic E-state index is 0.00203. The Balaban J connectivity index is 1.72. The first kappa shape index (κ1) is 16.9. The van der Waals surface area contributed by atoms with E-state index < -0.39 is 4.92 Å². The number of rotatable bonds is 4. The molecule has 0 saturated heterocycles. The Labute approximate surface area is 157 Å². The maximum absolute atomic E-state index is 10.9. The van der Waals surface area contributed by atoms with E-state index in [0.717, 1.165) is 4.90 Å². The SMILES string of the molecule is O=[N+]([O-])c1ccc2nn(-c3cc(O)c(Sc4ccccc4)cc3O)cc2c1. The normalized spacial score (nSPS) is 11.0. The molecule has 0 aliphatic carbocycles. The molecule has 0 unspecified atom stereocenters. The Bertz CT molecular complexity index is 1160. The van der Waals surface area contributed by atoms with Gasteiger partial charge < -0.3 is 10.2 Å². The fourth-order valence-corrected chi connectivity index (χ4v) is 3.56. The highest BCUT2D eigenvalue weighted by molar-refractivity contribution is 7.99. The third-order valence-corrected chi connectivity index (χ3v) is 5.03. The van der Waals surface area contributed by atoms with Crippen LogP contribution in [0.3, 0.4) is 0 Å². The summed E-state index contributed by atoms with van der Waals surface area (Å²) in [7, 11) is 0. The first-order chi connectivity index (χ1) is 13.0. The molecular weight excluding hydrogens is 366 g/mol. The first-order valence-corrected chi connectivity index (χ1v) is 8.76.